The molecule has 7 rings (SSSR count). The van der Waals surface area contributed by atoms with Crippen LogP contribution in [0.2, 0.25) is 0 Å². The zero-order valence-electron chi connectivity index (χ0n) is 20.1. The molecule has 0 spiro atoms. The predicted octanol–water partition coefficient (Wildman–Crippen LogP) is 5.71. The van der Waals surface area contributed by atoms with E-state index in [9.17, 15) is 13.2 Å². The lowest BCUT2D eigenvalue weighted by atomic mass is 9.48. The second-order valence-corrected chi connectivity index (χ2v) is 13.0. The normalized spacial score (nSPS) is 27.2. The Bertz CT molecular complexity index is 1340. The summed E-state index contributed by atoms with van der Waals surface area (Å²) >= 11 is 0. The number of sulfonamides is 1. The van der Waals surface area contributed by atoms with Crippen LogP contribution >= 0.6 is 0 Å². The van der Waals surface area contributed by atoms with Crippen molar-refractivity contribution in [2.45, 2.75) is 43.9 Å². The second kappa shape index (κ2) is 8.37. The predicted molar refractivity (Wildman–Crippen MR) is 141 cm³/mol. The average molecular weight is 489 g/mol. The molecule has 4 aliphatic rings. The lowest BCUT2D eigenvalue weighted by Crippen LogP contribution is -2.48. The molecule has 0 aromatic heterocycles. The highest BCUT2D eigenvalue weighted by Crippen LogP contribution is 2.60. The number of rotatable bonds is 6. The first kappa shape index (κ1) is 22.6. The smallest absolute Gasteiger partial charge is 0.245 e. The fourth-order valence-electron chi connectivity index (χ4n) is 7.50. The zero-order valence-corrected chi connectivity index (χ0v) is 20.9. The molecule has 3 aromatic carbocycles. The van der Waals surface area contributed by atoms with Crippen LogP contribution in [0.5, 0.6) is 0 Å². The summed E-state index contributed by atoms with van der Waals surface area (Å²) in [5.74, 6) is 2.19. The number of nitrogens with zero attached hydrogens (tertiary/aromatic N) is 1. The van der Waals surface area contributed by atoms with Gasteiger partial charge in [0.05, 0.1) is 11.9 Å². The third-order valence-electron chi connectivity index (χ3n) is 8.56. The van der Waals surface area contributed by atoms with Gasteiger partial charge in [0.1, 0.15) is 6.54 Å². The van der Waals surface area contributed by atoms with Crippen molar-refractivity contribution in [2.24, 2.45) is 17.8 Å². The number of hydrogen-bond donors (Lipinski definition) is 1. The van der Waals surface area contributed by atoms with Crippen molar-refractivity contribution in [3.63, 3.8) is 0 Å². The summed E-state index contributed by atoms with van der Waals surface area (Å²) in [7, 11) is -3.63. The Balaban J connectivity index is 1.23. The fourth-order valence-corrected chi connectivity index (χ4v) is 8.36. The number of carbonyl (C=O) groups is 1. The molecule has 4 bridgehead atoms. The molecule has 182 valence electrons. The summed E-state index contributed by atoms with van der Waals surface area (Å²) in [6, 6.07) is 21.5. The van der Waals surface area contributed by atoms with Crippen molar-refractivity contribution >= 4 is 38.1 Å². The lowest BCUT2D eigenvalue weighted by Gasteiger charge is -2.57. The molecule has 0 saturated heterocycles. The van der Waals surface area contributed by atoms with Crippen molar-refractivity contribution in [2.75, 3.05) is 22.4 Å². The molecule has 1 N–H and O–H groups in total. The molecule has 0 heterocycles. The van der Waals surface area contributed by atoms with E-state index in [1.165, 1.54) is 48.4 Å². The molecule has 6 heteroatoms. The van der Waals surface area contributed by atoms with Gasteiger partial charge in [-0.25, -0.2) is 8.42 Å². The number of fused-ring (bicyclic) bond motifs is 1. The maximum atomic E-state index is 13.0. The molecular weight excluding hydrogens is 456 g/mol. The standard InChI is InChI=1S/C29H32N2O3S/c1-35(33,34)31(19-28(32)30-27-8-4-6-23-5-2-3-7-26(23)27)25-11-9-24(10-12-25)29-16-20-13-21(17-29)15-22(14-20)18-29/h2-12,20-22H,13-19H2,1H3,(H,30,32). The summed E-state index contributed by atoms with van der Waals surface area (Å²) in [5, 5.41) is 4.86. The molecule has 0 atom stereocenters. The maximum absolute atomic E-state index is 13.0. The van der Waals surface area contributed by atoms with Crippen LogP contribution in [0, 0.1) is 17.8 Å². The van der Waals surface area contributed by atoms with E-state index in [-0.39, 0.29) is 17.9 Å². The van der Waals surface area contributed by atoms with Gasteiger partial charge in [-0.2, -0.15) is 0 Å². The van der Waals surface area contributed by atoms with Crippen molar-refractivity contribution in [1.29, 1.82) is 0 Å². The van der Waals surface area contributed by atoms with Gasteiger partial charge in [0.2, 0.25) is 15.9 Å². The number of hydrogen-bond acceptors (Lipinski definition) is 3. The summed E-state index contributed by atoms with van der Waals surface area (Å²) in [5.41, 5.74) is 2.82. The van der Waals surface area contributed by atoms with Crippen molar-refractivity contribution in [1.82, 2.24) is 0 Å². The Kier molecular flexibility index (Phi) is 5.40. The molecular formula is C29H32N2O3S. The van der Waals surface area contributed by atoms with E-state index < -0.39 is 10.0 Å². The maximum Gasteiger partial charge on any atom is 0.245 e. The van der Waals surface area contributed by atoms with Crippen LogP contribution < -0.4 is 9.62 Å². The van der Waals surface area contributed by atoms with Crippen LogP contribution in [0.4, 0.5) is 11.4 Å². The first-order chi connectivity index (χ1) is 16.8. The molecule has 0 aliphatic heterocycles. The van der Waals surface area contributed by atoms with Crippen molar-refractivity contribution < 1.29 is 13.2 Å². The van der Waals surface area contributed by atoms with Crippen LogP contribution in [0.1, 0.15) is 44.1 Å². The van der Waals surface area contributed by atoms with Gasteiger partial charge >= 0.3 is 0 Å². The van der Waals surface area contributed by atoms with Crippen molar-refractivity contribution in [3.8, 4) is 0 Å². The third-order valence-corrected chi connectivity index (χ3v) is 9.70. The number of carbonyl (C=O) groups excluding carboxylic acids is 1. The van der Waals surface area contributed by atoms with E-state index in [1.54, 1.807) is 0 Å². The van der Waals surface area contributed by atoms with Crippen molar-refractivity contribution in [3.05, 3.63) is 72.3 Å². The molecule has 0 unspecified atom stereocenters. The molecule has 3 aromatic rings. The number of anilines is 2. The van der Waals surface area contributed by atoms with Crippen LogP contribution in [0.15, 0.2) is 66.7 Å². The molecule has 1 amide bonds. The van der Waals surface area contributed by atoms with E-state index in [0.29, 0.717) is 11.4 Å². The first-order valence-corrected chi connectivity index (χ1v) is 14.5. The second-order valence-electron chi connectivity index (χ2n) is 11.1. The minimum atomic E-state index is -3.63. The quantitative estimate of drug-likeness (QED) is 0.483. The molecule has 4 saturated carbocycles. The topological polar surface area (TPSA) is 66.5 Å². The SMILES string of the molecule is CS(=O)(=O)N(CC(=O)Nc1cccc2ccccc12)c1ccc(C23CC4CC(CC(C4)C2)C3)cc1. The fraction of sp³-hybridized carbons (Fsp3) is 0.414. The van der Waals surface area contributed by atoms with Gasteiger partial charge in [-0.1, -0.05) is 48.5 Å². The van der Waals surface area contributed by atoms with E-state index in [2.05, 4.69) is 17.4 Å². The Labute approximate surface area is 207 Å². The van der Waals surface area contributed by atoms with Crippen LogP contribution in [-0.4, -0.2) is 27.1 Å². The summed E-state index contributed by atoms with van der Waals surface area (Å²) in [6.45, 7) is -0.265. The Morgan fingerprint density at radius 2 is 1.49 bits per heavy atom. The summed E-state index contributed by atoms with van der Waals surface area (Å²) in [6.07, 6.45) is 9.14. The van der Waals surface area contributed by atoms with E-state index in [1.807, 2.05) is 54.6 Å². The molecule has 0 radical (unpaired) electrons. The zero-order chi connectivity index (χ0) is 24.2. The monoisotopic (exact) mass is 488 g/mol. The van der Waals surface area contributed by atoms with E-state index in [0.717, 1.165) is 34.8 Å². The van der Waals surface area contributed by atoms with Crippen LogP contribution in [0.3, 0.4) is 0 Å². The van der Waals surface area contributed by atoms with Gasteiger partial charge in [-0.15, -0.1) is 0 Å². The molecule has 4 fully saturated rings. The minimum Gasteiger partial charge on any atom is -0.324 e. The van der Waals surface area contributed by atoms with Crippen LogP contribution in [0.25, 0.3) is 10.8 Å². The molecule has 35 heavy (non-hydrogen) atoms. The largest absolute Gasteiger partial charge is 0.324 e. The average Bonchev–Trinajstić information content (AvgIpc) is 2.81. The molecule has 4 aliphatic carbocycles. The Morgan fingerprint density at radius 3 is 2.11 bits per heavy atom. The van der Waals surface area contributed by atoms with Gasteiger partial charge in [0.25, 0.3) is 0 Å². The highest BCUT2D eigenvalue weighted by atomic mass is 32.2. The summed E-state index contributed by atoms with van der Waals surface area (Å²) in [4.78, 5) is 13.0. The summed E-state index contributed by atoms with van der Waals surface area (Å²) < 4.78 is 26.6. The van der Waals surface area contributed by atoms with Gasteiger partial charge in [0.15, 0.2) is 0 Å². The Hall–Kier alpha value is -2.86. The van der Waals surface area contributed by atoms with E-state index >= 15 is 0 Å². The molecule has 5 nitrogen and oxygen atoms in total. The highest BCUT2D eigenvalue weighted by molar-refractivity contribution is 7.92. The number of benzene rings is 3. The third kappa shape index (κ3) is 4.22. The van der Waals surface area contributed by atoms with Crippen LogP contribution in [-0.2, 0) is 20.2 Å². The van der Waals surface area contributed by atoms with Gasteiger partial charge in [-0.05, 0) is 90.8 Å². The first-order valence-electron chi connectivity index (χ1n) is 12.6. The Morgan fingerprint density at radius 1 is 0.886 bits per heavy atom. The van der Waals surface area contributed by atoms with Gasteiger partial charge < -0.3 is 5.32 Å². The lowest BCUT2D eigenvalue weighted by molar-refractivity contribution is -0.114. The van der Waals surface area contributed by atoms with Gasteiger partial charge in [0, 0.05) is 11.1 Å². The minimum absolute atomic E-state index is 0.259. The highest BCUT2D eigenvalue weighted by Gasteiger charge is 2.51. The van der Waals surface area contributed by atoms with Gasteiger partial charge in [-0.3, -0.25) is 9.10 Å². The van der Waals surface area contributed by atoms with E-state index in [4.69, 9.17) is 0 Å². The number of nitrogens with one attached hydrogen (secondary N) is 1. The number of amides is 1.